The van der Waals surface area contributed by atoms with Gasteiger partial charge in [-0.25, -0.2) is 0 Å². The maximum Gasteiger partial charge on any atom is 0.257 e. The molecular formula is C26H26BrN3O3S. The molecule has 0 radical (unpaired) electrons. The van der Waals surface area contributed by atoms with Crippen molar-refractivity contribution < 1.29 is 14.3 Å². The molecule has 0 bridgehead atoms. The number of nitrogens with one attached hydrogen (secondary N) is 3. The van der Waals surface area contributed by atoms with Crippen LogP contribution in [0, 0.1) is 0 Å². The van der Waals surface area contributed by atoms with Gasteiger partial charge in [0.2, 0.25) is 0 Å². The van der Waals surface area contributed by atoms with E-state index >= 15 is 0 Å². The van der Waals surface area contributed by atoms with Gasteiger partial charge in [0, 0.05) is 29.3 Å². The molecule has 0 aliphatic heterocycles. The van der Waals surface area contributed by atoms with Crippen LogP contribution in [0.2, 0.25) is 0 Å². The van der Waals surface area contributed by atoms with E-state index in [1.54, 1.807) is 42.5 Å². The zero-order valence-corrected chi connectivity index (χ0v) is 21.3. The van der Waals surface area contributed by atoms with Gasteiger partial charge in [0.1, 0.15) is 5.75 Å². The van der Waals surface area contributed by atoms with E-state index in [0.29, 0.717) is 33.6 Å². The molecule has 34 heavy (non-hydrogen) atoms. The fourth-order valence-corrected chi connectivity index (χ4v) is 3.81. The van der Waals surface area contributed by atoms with Crippen molar-refractivity contribution in [2.24, 2.45) is 0 Å². The average molecular weight is 540 g/mol. The number of hydrogen-bond donors (Lipinski definition) is 3. The van der Waals surface area contributed by atoms with Crippen LogP contribution in [0.25, 0.3) is 0 Å². The Labute approximate surface area is 213 Å². The molecule has 0 heterocycles. The molecule has 0 unspecified atom stereocenters. The molecule has 8 heteroatoms. The molecule has 0 atom stereocenters. The molecule has 0 aliphatic rings. The van der Waals surface area contributed by atoms with Crippen molar-refractivity contribution in [3.8, 4) is 5.75 Å². The smallest absolute Gasteiger partial charge is 0.257 e. The van der Waals surface area contributed by atoms with E-state index in [1.807, 2.05) is 32.0 Å². The van der Waals surface area contributed by atoms with Crippen LogP contribution in [0.5, 0.6) is 5.75 Å². The molecule has 176 valence electrons. The fourth-order valence-electron chi connectivity index (χ4n) is 3.10. The van der Waals surface area contributed by atoms with Crippen molar-refractivity contribution in [2.75, 3.05) is 11.9 Å². The number of rotatable bonds is 8. The molecule has 3 aromatic rings. The molecule has 6 nitrogen and oxygen atoms in total. The summed E-state index contributed by atoms with van der Waals surface area (Å²) in [6.45, 7) is 4.31. The minimum Gasteiger partial charge on any atom is -0.492 e. The molecule has 0 saturated carbocycles. The van der Waals surface area contributed by atoms with Gasteiger partial charge >= 0.3 is 0 Å². The first-order chi connectivity index (χ1) is 16.3. The molecule has 0 fully saturated rings. The van der Waals surface area contributed by atoms with E-state index < -0.39 is 0 Å². The van der Waals surface area contributed by atoms with Gasteiger partial charge in [-0.1, -0.05) is 36.4 Å². The molecule has 0 spiro atoms. The quantitative estimate of drug-likeness (QED) is 0.337. The predicted octanol–water partition coefficient (Wildman–Crippen LogP) is 5.34. The van der Waals surface area contributed by atoms with Gasteiger partial charge in [-0.3, -0.25) is 14.9 Å². The number of amides is 2. The highest BCUT2D eigenvalue weighted by Gasteiger charge is 2.12. The monoisotopic (exact) mass is 539 g/mol. The first-order valence-electron chi connectivity index (χ1n) is 10.8. The molecular weight excluding hydrogens is 514 g/mol. The summed E-state index contributed by atoms with van der Waals surface area (Å²) >= 11 is 8.74. The third kappa shape index (κ3) is 7.67. The summed E-state index contributed by atoms with van der Waals surface area (Å²) in [6, 6.07) is 22.1. The average Bonchev–Trinajstić information content (AvgIpc) is 2.80. The second-order valence-electron chi connectivity index (χ2n) is 7.85. The van der Waals surface area contributed by atoms with Gasteiger partial charge < -0.3 is 15.4 Å². The van der Waals surface area contributed by atoms with Crippen LogP contribution < -0.4 is 20.7 Å². The normalized spacial score (nSPS) is 10.5. The summed E-state index contributed by atoms with van der Waals surface area (Å²) in [5, 5.41) is 8.57. The Morgan fingerprint density at radius 1 is 0.941 bits per heavy atom. The van der Waals surface area contributed by atoms with Gasteiger partial charge in [0.05, 0.1) is 11.1 Å². The third-order valence-corrected chi connectivity index (χ3v) is 5.54. The Morgan fingerprint density at radius 3 is 2.38 bits per heavy atom. The highest BCUT2D eigenvalue weighted by atomic mass is 79.9. The lowest BCUT2D eigenvalue weighted by atomic mass is 10.1. The minimum absolute atomic E-state index is 0.0319. The van der Waals surface area contributed by atoms with Crippen molar-refractivity contribution >= 4 is 50.8 Å². The highest BCUT2D eigenvalue weighted by molar-refractivity contribution is 9.10. The molecule has 3 aromatic carbocycles. The lowest BCUT2D eigenvalue weighted by Gasteiger charge is -2.13. The Morgan fingerprint density at radius 2 is 1.68 bits per heavy atom. The Bertz CT molecular complexity index is 1170. The van der Waals surface area contributed by atoms with Crippen LogP contribution >= 0.6 is 28.1 Å². The maximum absolute atomic E-state index is 12.6. The zero-order chi connectivity index (χ0) is 24.5. The third-order valence-electron chi connectivity index (χ3n) is 4.71. The van der Waals surface area contributed by atoms with Gasteiger partial charge in [0.15, 0.2) is 5.11 Å². The number of ether oxygens (including phenoxy) is 1. The van der Waals surface area contributed by atoms with Crippen LogP contribution in [0.1, 0.15) is 40.1 Å². The Balaban J connectivity index is 1.54. The molecule has 3 N–H and O–H groups in total. The van der Waals surface area contributed by atoms with Crippen LogP contribution in [0.3, 0.4) is 0 Å². The summed E-state index contributed by atoms with van der Waals surface area (Å²) in [5.41, 5.74) is 2.72. The number of hydrogen-bond acceptors (Lipinski definition) is 4. The number of halogens is 1. The number of carbonyl (C=O) groups excluding carboxylic acids is 2. The molecule has 0 aliphatic carbocycles. The first-order valence-corrected chi connectivity index (χ1v) is 12.0. The van der Waals surface area contributed by atoms with E-state index in [0.717, 1.165) is 6.42 Å². The molecule has 0 aromatic heterocycles. The highest BCUT2D eigenvalue weighted by Crippen LogP contribution is 2.26. The summed E-state index contributed by atoms with van der Waals surface area (Å²) in [7, 11) is 0. The van der Waals surface area contributed by atoms with E-state index in [-0.39, 0.29) is 23.0 Å². The van der Waals surface area contributed by atoms with Crippen LogP contribution in [-0.4, -0.2) is 29.6 Å². The standard InChI is InChI=1S/C26H26BrN3O3S/c1-17(2)28-24(31)19-9-6-10-21(15-19)29-26(34)30-25(32)20-11-12-23(22(27)16-20)33-14-13-18-7-4-3-5-8-18/h3-12,15-17H,13-14H2,1-2H3,(H,28,31)(H2,29,30,32,34). The van der Waals surface area contributed by atoms with Crippen molar-refractivity contribution in [2.45, 2.75) is 26.3 Å². The number of carbonyl (C=O) groups is 2. The largest absolute Gasteiger partial charge is 0.492 e. The van der Waals surface area contributed by atoms with Crippen molar-refractivity contribution in [1.82, 2.24) is 10.6 Å². The van der Waals surface area contributed by atoms with Crippen molar-refractivity contribution in [3.63, 3.8) is 0 Å². The lowest BCUT2D eigenvalue weighted by molar-refractivity contribution is 0.0941. The molecule has 3 rings (SSSR count). The van der Waals surface area contributed by atoms with Crippen molar-refractivity contribution in [1.29, 1.82) is 0 Å². The van der Waals surface area contributed by atoms with E-state index in [9.17, 15) is 9.59 Å². The zero-order valence-electron chi connectivity index (χ0n) is 18.9. The summed E-state index contributed by atoms with van der Waals surface area (Å²) in [5.74, 6) is 0.122. The summed E-state index contributed by atoms with van der Waals surface area (Å²) in [6.07, 6.45) is 0.787. The van der Waals surface area contributed by atoms with Crippen LogP contribution in [0.4, 0.5) is 5.69 Å². The Kier molecular flexibility index (Phi) is 9.18. The first kappa shape index (κ1) is 25.4. The van der Waals surface area contributed by atoms with E-state index in [4.69, 9.17) is 17.0 Å². The van der Waals surface area contributed by atoms with Gasteiger partial charge in [0.25, 0.3) is 11.8 Å². The van der Waals surface area contributed by atoms with Gasteiger partial charge in [-0.05, 0) is 84.0 Å². The SMILES string of the molecule is CC(C)NC(=O)c1cccc(NC(=S)NC(=O)c2ccc(OCCc3ccccc3)c(Br)c2)c1. The minimum atomic E-state index is -0.359. The lowest BCUT2D eigenvalue weighted by Crippen LogP contribution is -2.34. The molecule has 0 saturated heterocycles. The number of thiocarbonyl (C=S) groups is 1. The summed E-state index contributed by atoms with van der Waals surface area (Å²) < 4.78 is 6.52. The van der Waals surface area contributed by atoms with E-state index in [2.05, 4.69) is 44.0 Å². The number of anilines is 1. The fraction of sp³-hybridized carbons (Fsp3) is 0.192. The molecule has 2 amide bonds. The van der Waals surface area contributed by atoms with Gasteiger partial charge in [-0.15, -0.1) is 0 Å². The Hall–Kier alpha value is -3.23. The van der Waals surface area contributed by atoms with Gasteiger partial charge in [-0.2, -0.15) is 0 Å². The second-order valence-corrected chi connectivity index (χ2v) is 9.11. The second kappa shape index (κ2) is 12.3. The van der Waals surface area contributed by atoms with Crippen molar-refractivity contribution in [3.05, 3.63) is 94.0 Å². The summed E-state index contributed by atoms with van der Waals surface area (Å²) in [4.78, 5) is 24.8. The van der Waals surface area contributed by atoms with Crippen LogP contribution in [0.15, 0.2) is 77.3 Å². The maximum atomic E-state index is 12.6. The van der Waals surface area contributed by atoms with E-state index in [1.165, 1.54) is 5.56 Å². The topological polar surface area (TPSA) is 79.5 Å². The number of benzene rings is 3. The predicted molar refractivity (Wildman–Crippen MR) is 143 cm³/mol. The van der Waals surface area contributed by atoms with Crippen LogP contribution in [-0.2, 0) is 6.42 Å².